The van der Waals surface area contributed by atoms with E-state index in [1.165, 1.54) is 75.5 Å². The van der Waals surface area contributed by atoms with Crippen LogP contribution in [0.3, 0.4) is 0 Å². The van der Waals surface area contributed by atoms with Gasteiger partial charge in [-0.05, 0) is 61.8 Å². The standard InChI is InChI=1S/C16H20N2O6.C16H24.C2H6/c1-2-3-4-5-9-15(19)17-11-16(20)24-14-8-6-7-13(10-14)12-23-18(21)22;1-3-9-15(10-4-1)11-5-2-6-12-16-13-7-8-14-16;1-2/h2-3,6-8,10H,4-5,9,11-12H2,1H3,(H,17,19);1,3-4,9-10,16H,2,5-8,11-14H2;1-2H3/b3-2-;;. The molecule has 0 atom stereocenters. The highest BCUT2D eigenvalue weighted by Gasteiger charge is 2.13. The molecule has 0 saturated heterocycles. The van der Waals surface area contributed by atoms with Crippen LogP contribution >= 0.6 is 0 Å². The number of amides is 1. The summed E-state index contributed by atoms with van der Waals surface area (Å²) in [5.41, 5.74) is 1.99. The van der Waals surface area contributed by atoms with Crippen molar-refractivity contribution in [1.82, 2.24) is 5.32 Å². The quantitative estimate of drug-likeness (QED) is 0.0534. The average Bonchev–Trinajstić information content (AvgIpc) is 3.53. The van der Waals surface area contributed by atoms with Gasteiger partial charge in [0.2, 0.25) is 5.91 Å². The van der Waals surface area contributed by atoms with Crippen molar-refractivity contribution in [2.75, 3.05) is 6.54 Å². The SMILES string of the molecule is C/C=C\CCCC(=O)NCC(=O)Oc1cccc(CO[N+](=O)[O-])c1.CC.c1ccc(CCCCCC2CCCC2)cc1. The maximum Gasteiger partial charge on any atom is 0.330 e. The summed E-state index contributed by atoms with van der Waals surface area (Å²) in [6, 6.07) is 17.1. The van der Waals surface area contributed by atoms with Gasteiger partial charge in [0.05, 0.1) is 0 Å². The topological polar surface area (TPSA) is 108 Å². The van der Waals surface area contributed by atoms with E-state index >= 15 is 0 Å². The first-order valence-electron chi connectivity index (χ1n) is 15.4. The number of carbonyl (C=O) groups excluding carboxylic acids is 2. The lowest BCUT2D eigenvalue weighted by Crippen LogP contribution is -2.31. The maximum atomic E-state index is 11.7. The number of esters is 1. The second-order valence-corrected chi connectivity index (χ2v) is 10.1. The average molecular weight is 583 g/mol. The van der Waals surface area contributed by atoms with Crippen LogP contribution in [0.5, 0.6) is 5.75 Å². The maximum absolute atomic E-state index is 11.7. The largest absolute Gasteiger partial charge is 0.425 e. The van der Waals surface area contributed by atoms with Crippen molar-refractivity contribution in [3.8, 4) is 5.75 Å². The zero-order valence-corrected chi connectivity index (χ0v) is 25.7. The zero-order chi connectivity index (χ0) is 30.8. The van der Waals surface area contributed by atoms with Crippen LogP contribution in [0.15, 0.2) is 66.7 Å². The minimum Gasteiger partial charge on any atom is -0.425 e. The lowest BCUT2D eigenvalue weighted by molar-refractivity contribution is -0.763. The highest BCUT2D eigenvalue weighted by molar-refractivity contribution is 5.82. The van der Waals surface area contributed by atoms with Gasteiger partial charge in [-0.15, -0.1) is 10.1 Å². The van der Waals surface area contributed by atoms with Gasteiger partial charge in [-0.3, -0.25) is 4.79 Å². The Hall–Kier alpha value is -3.68. The molecule has 2 aromatic rings. The van der Waals surface area contributed by atoms with Gasteiger partial charge in [-0.25, -0.2) is 4.79 Å². The molecule has 8 heteroatoms. The van der Waals surface area contributed by atoms with Crippen LogP contribution in [0.4, 0.5) is 0 Å². The monoisotopic (exact) mass is 582 g/mol. The number of benzene rings is 2. The summed E-state index contributed by atoms with van der Waals surface area (Å²) in [6.45, 7) is 5.44. The molecule has 3 rings (SSSR count). The Morgan fingerprint density at radius 3 is 2.38 bits per heavy atom. The van der Waals surface area contributed by atoms with Crippen molar-refractivity contribution in [2.24, 2.45) is 5.92 Å². The Kier molecular flexibility index (Phi) is 20.7. The van der Waals surface area contributed by atoms with Crippen LogP contribution in [-0.2, 0) is 27.5 Å². The van der Waals surface area contributed by atoms with E-state index in [1.54, 1.807) is 12.1 Å². The highest BCUT2D eigenvalue weighted by Crippen LogP contribution is 2.29. The van der Waals surface area contributed by atoms with Crippen molar-refractivity contribution < 1.29 is 24.3 Å². The number of nitrogens with one attached hydrogen (secondary N) is 1. The molecular formula is C34H50N2O6. The molecule has 2 aromatic carbocycles. The van der Waals surface area contributed by atoms with Crippen molar-refractivity contribution in [3.05, 3.63) is 88.0 Å². The Labute approximate surface area is 252 Å². The Morgan fingerprint density at radius 1 is 0.976 bits per heavy atom. The molecule has 232 valence electrons. The lowest BCUT2D eigenvalue weighted by atomic mass is 9.98. The highest BCUT2D eigenvalue weighted by atomic mass is 16.9. The second kappa shape index (κ2) is 24.0. The van der Waals surface area contributed by atoms with Crippen molar-refractivity contribution >= 4 is 11.9 Å². The number of ether oxygens (including phenoxy) is 1. The molecule has 0 unspecified atom stereocenters. The van der Waals surface area contributed by atoms with Crippen LogP contribution in [0.25, 0.3) is 0 Å². The van der Waals surface area contributed by atoms with Gasteiger partial charge < -0.3 is 14.9 Å². The van der Waals surface area contributed by atoms with Gasteiger partial charge in [0.15, 0.2) is 0 Å². The summed E-state index contributed by atoms with van der Waals surface area (Å²) < 4.78 is 5.07. The molecule has 8 nitrogen and oxygen atoms in total. The first-order valence-corrected chi connectivity index (χ1v) is 15.4. The van der Waals surface area contributed by atoms with Crippen molar-refractivity contribution in [2.45, 2.75) is 104 Å². The molecule has 0 aromatic heterocycles. The summed E-state index contributed by atoms with van der Waals surface area (Å²) in [7, 11) is 0. The molecular weight excluding hydrogens is 532 g/mol. The minimum atomic E-state index is -0.898. The number of nitrogens with zero attached hydrogens (tertiary/aromatic N) is 1. The van der Waals surface area contributed by atoms with Crippen molar-refractivity contribution in [1.29, 1.82) is 0 Å². The van der Waals surface area contributed by atoms with Gasteiger partial charge in [-0.2, -0.15) is 0 Å². The van der Waals surface area contributed by atoms with Crippen LogP contribution < -0.4 is 10.1 Å². The van der Waals surface area contributed by atoms with E-state index in [0.29, 0.717) is 18.4 Å². The zero-order valence-electron chi connectivity index (χ0n) is 25.7. The first-order chi connectivity index (χ1) is 20.5. The molecule has 1 N–H and O–H groups in total. The summed E-state index contributed by atoms with van der Waals surface area (Å²) in [4.78, 5) is 37.6. The minimum absolute atomic E-state index is 0.218. The predicted molar refractivity (Wildman–Crippen MR) is 167 cm³/mol. The third-order valence-corrected chi connectivity index (χ3v) is 6.80. The molecule has 0 spiro atoms. The van der Waals surface area contributed by atoms with Crippen LogP contribution in [0.2, 0.25) is 0 Å². The fourth-order valence-corrected chi connectivity index (χ4v) is 4.68. The van der Waals surface area contributed by atoms with Gasteiger partial charge in [-0.1, -0.05) is 113 Å². The number of hydrogen-bond acceptors (Lipinski definition) is 6. The number of unbranched alkanes of at least 4 members (excludes halogenated alkanes) is 3. The normalized spacial score (nSPS) is 12.5. The molecule has 1 aliphatic carbocycles. The molecule has 1 amide bonds. The molecule has 1 saturated carbocycles. The molecule has 0 aliphatic heterocycles. The summed E-state index contributed by atoms with van der Waals surface area (Å²) in [5, 5.41) is 11.7. The van der Waals surface area contributed by atoms with E-state index in [4.69, 9.17) is 4.74 Å². The summed E-state index contributed by atoms with van der Waals surface area (Å²) in [6.07, 6.45) is 18.8. The van der Waals surface area contributed by atoms with E-state index in [1.807, 2.05) is 32.9 Å². The second-order valence-electron chi connectivity index (χ2n) is 10.1. The van der Waals surface area contributed by atoms with Gasteiger partial charge in [0, 0.05) is 6.42 Å². The van der Waals surface area contributed by atoms with Crippen LogP contribution in [-0.4, -0.2) is 23.5 Å². The molecule has 1 fully saturated rings. The molecule has 1 aliphatic rings. The van der Waals surface area contributed by atoms with Crippen molar-refractivity contribution in [3.63, 3.8) is 0 Å². The first kappa shape index (κ1) is 36.3. The number of hydrogen-bond donors (Lipinski definition) is 1. The molecule has 0 heterocycles. The number of rotatable bonds is 16. The van der Waals surface area contributed by atoms with Crippen LogP contribution in [0, 0.1) is 16.0 Å². The predicted octanol–water partition coefficient (Wildman–Crippen LogP) is 8.17. The fraction of sp³-hybridized carbons (Fsp3) is 0.529. The Morgan fingerprint density at radius 2 is 1.69 bits per heavy atom. The summed E-state index contributed by atoms with van der Waals surface area (Å²) in [5.74, 6) is 0.470. The van der Waals surface area contributed by atoms with E-state index in [9.17, 15) is 19.7 Å². The molecule has 0 radical (unpaired) electrons. The number of aryl methyl sites for hydroxylation is 1. The van der Waals surface area contributed by atoms with E-state index in [2.05, 4.69) is 40.5 Å². The third-order valence-electron chi connectivity index (χ3n) is 6.80. The summed E-state index contributed by atoms with van der Waals surface area (Å²) >= 11 is 0. The van der Waals surface area contributed by atoms with Crippen LogP contribution in [0.1, 0.15) is 103 Å². The molecule has 0 bridgehead atoms. The van der Waals surface area contributed by atoms with E-state index in [0.717, 1.165) is 12.3 Å². The van der Waals surface area contributed by atoms with Gasteiger partial charge >= 0.3 is 5.97 Å². The lowest BCUT2D eigenvalue weighted by Gasteiger charge is -2.07. The number of allylic oxidation sites excluding steroid dienone is 2. The van der Waals surface area contributed by atoms with Gasteiger partial charge in [0.1, 0.15) is 18.9 Å². The Balaban J connectivity index is 0.000000423. The third kappa shape index (κ3) is 18.6. The van der Waals surface area contributed by atoms with E-state index in [-0.39, 0.29) is 24.8 Å². The number of carbonyl (C=O) groups is 2. The molecule has 42 heavy (non-hydrogen) atoms. The Bertz CT molecular complexity index is 1040. The van der Waals surface area contributed by atoms with Gasteiger partial charge in [0.25, 0.3) is 5.09 Å². The smallest absolute Gasteiger partial charge is 0.330 e. The van der Waals surface area contributed by atoms with E-state index < -0.39 is 11.1 Å². The fourth-order valence-electron chi connectivity index (χ4n) is 4.68.